The van der Waals surface area contributed by atoms with Crippen molar-refractivity contribution in [3.8, 4) is 0 Å². The number of halogens is 2. The number of carboxylic acids is 2. The quantitative estimate of drug-likeness (QED) is 0.302. The van der Waals surface area contributed by atoms with Crippen LogP contribution in [0.2, 0.25) is 10.0 Å². The Balaban J connectivity index is 1.30. The molecule has 13 heteroatoms. The summed E-state index contributed by atoms with van der Waals surface area (Å²) in [6.45, 7) is 6.09. The summed E-state index contributed by atoms with van der Waals surface area (Å²) in [5, 5.41) is 28.8. The van der Waals surface area contributed by atoms with Crippen molar-refractivity contribution in [1.82, 2.24) is 25.0 Å². The Morgan fingerprint density at radius 2 is 1.65 bits per heavy atom. The number of carbonyl (C=O) groups is 3. The van der Waals surface area contributed by atoms with Crippen molar-refractivity contribution < 1.29 is 24.6 Å². The zero-order valence-corrected chi connectivity index (χ0v) is 30.2. The van der Waals surface area contributed by atoms with Crippen LogP contribution in [0.4, 0.5) is 0 Å². The predicted molar refractivity (Wildman–Crippen MR) is 187 cm³/mol. The number of nitrogens with zero attached hydrogens (tertiary/aromatic N) is 4. The van der Waals surface area contributed by atoms with Crippen LogP contribution in [0.15, 0.2) is 29.8 Å². The molecule has 48 heavy (non-hydrogen) atoms. The van der Waals surface area contributed by atoms with Gasteiger partial charge in [-0.05, 0) is 70.2 Å². The number of piperidine rings is 2. The molecule has 2 bridgehead atoms. The van der Waals surface area contributed by atoms with E-state index in [9.17, 15) is 24.6 Å². The highest BCUT2D eigenvalue weighted by atomic mass is 35.5. The lowest BCUT2D eigenvalue weighted by Gasteiger charge is -2.57. The van der Waals surface area contributed by atoms with Crippen LogP contribution in [0.5, 0.6) is 0 Å². The minimum absolute atomic E-state index is 0.0633. The lowest BCUT2D eigenvalue weighted by molar-refractivity contribution is -0.173. The normalized spacial score (nSPS) is 34.3. The Hall–Kier alpha value is -2.28. The van der Waals surface area contributed by atoms with E-state index in [4.69, 9.17) is 23.2 Å². The van der Waals surface area contributed by atoms with Crippen LogP contribution in [0.1, 0.15) is 75.3 Å². The van der Waals surface area contributed by atoms with Crippen molar-refractivity contribution in [3.05, 3.63) is 50.4 Å². The number of fused-ring (bicyclic) bond motifs is 2. The van der Waals surface area contributed by atoms with Gasteiger partial charge in [0.15, 0.2) is 0 Å². The smallest absolute Gasteiger partial charge is 0.311 e. The summed E-state index contributed by atoms with van der Waals surface area (Å²) in [5.74, 6) is -3.59. The third-order valence-electron chi connectivity index (χ3n) is 12.4. The monoisotopic (exact) mass is 719 g/mol. The maximum Gasteiger partial charge on any atom is 0.311 e. The van der Waals surface area contributed by atoms with Crippen LogP contribution in [0.25, 0.3) is 0 Å². The number of carbonyl (C=O) groups excluding carboxylic acids is 1. The van der Waals surface area contributed by atoms with Crippen molar-refractivity contribution in [1.29, 1.82) is 0 Å². The van der Waals surface area contributed by atoms with Gasteiger partial charge >= 0.3 is 11.9 Å². The van der Waals surface area contributed by atoms with Gasteiger partial charge in [0.05, 0.1) is 15.8 Å². The summed E-state index contributed by atoms with van der Waals surface area (Å²) in [4.78, 5) is 52.6. The molecule has 1 amide bonds. The topological polar surface area (TPSA) is 126 Å². The van der Waals surface area contributed by atoms with Gasteiger partial charge in [0.25, 0.3) is 0 Å². The van der Waals surface area contributed by atoms with Gasteiger partial charge in [-0.1, -0.05) is 36.2 Å². The first-order valence-corrected chi connectivity index (χ1v) is 18.8. The van der Waals surface area contributed by atoms with Gasteiger partial charge in [0.2, 0.25) is 5.91 Å². The number of benzene rings is 1. The Kier molecular flexibility index (Phi) is 10.5. The molecule has 2 aromatic rings. The molecule has 5 heterocycles. The SMILES string of the molecule is CCC1(C(=O)O)C(CC(=O)N2CCN(C3CC4CCC(C3)N4C)CC2)NC(CCc2nccs2)C(C)(C(=O)O)C1c1c(Cl)cccc1Cl. The molecule has 0 radical (unpaired) electrons. The molecule has 6 rings (SSSR count). The number of hydrogen-bond donors (Lipinski definition) is 3. The molecule has 4 aliphatic heterocycles. The number of aromatic nitrogens is 1. The number of hydrogen-bond acceptors (Lipinski definition) is 8. The Labute approximate surface area is 296 Å². The summed E-state index contributed by atoms with van der Waals surface area (Å²) in [6.07, 6.45) is 7.42. The molecule has 0 spiro atoms. The van der Waals surface area contributed by atoms with E-state index in [1.54, 1.807) is 38.2 Å². The van der Waals surface area contributed by atoms with Gasteiger partial charge in [-0.25, -0.2) is 4.98 Å². The molecule has 4 fully saturated rings. The molecule has 10 nitrogen and oxygen atoms in total. The van der Waals surface area contributed by atoms with E-state index in [0.29, 0.717) is 49.6 Å². The predicted octanol–water partition coefficient (Wildman–Crippen LogP) is 5.24. The fraction of sp³-hybridized carbons (Fsp3) is 0.657. The van der Waals surface area contributed by atoms with E-state index in [0.717, 1.165) is 18.1 Å². The second-order valence-corrected chi connectivity index (χ2v) is 16.2. The summed E-state index contributed by atoms with van der Waals surface area (Å²) in [5.41, 5.74) is -3.04. The molecule has 4 aliphatic rings. The fourth-order valence-electron chi connectivity index (χ4n) is 9.58. The molecular formula is C35H47Cl2N5O5S. The molecule has 3 N–H and O–H groups in total. The first-order chi connectivity index (χ1) is 22.9. The number of carboxylic acid groups (broad SMARTS) is 2. The second-order valence-electron chi connectivity index (χ2n) is 14.4. The molecule has 7 unspecified atom stereocenters. The summed E-state index contributed by atoms with van der Waals surface area (Å²) >= 11 is 15.1. The standard InChI is InChI=1S/C35H47Cl2N5O5S/c1-4-35(33(46)47)27(20-29(43)42-15-13-41(14-16-42)23-18-21-8-9-22(19-23)40(21)3)39-26(10-11-28-38-12-17-48-28)34(2,32(44)45)31(35)30-24(36)6-5-7-25(30)37/h5-7,12,17,21-23,26-27,31,39H,4,8-11,13-16,18-20H2,1-3H3,(H,44,45)(H,46,47). The summed E-state index contributed by atoms with van der Waals surface area (Å²) in [6, 6.07) is 5.14. The van der Waals surface area contributed by atoms with Gasteiger partial charge in [0, 0.05) is 96.8 Å². The van der Waals surface area contributed by atoms with Crippen molar-refractivity contribution >= 4 is 52.4 Å². The molecule has 1 aromatic carbocycles. The highest BCUT2D eigenvalue weighted by Gasteiger charge is 2.67. The zero-order chi connectivity index (χ0) is 34.4. The molecule has 262 valence electrons. The minimum atomic E-state index is -1.70. The number of thiazole rings is 1. The third-order valence-corrected chi connectivity index (χ3v) is 13.9. The zero-order valence-electron chi connectivity index (χ0n) is 27.9. The van der Waals surface area contributed by atoms with E-state index in [1.165, 1.54) is 37.0 Å². The number of aliphatic carboxylic acids is 2. The lowest BCUT2D eigenvalue weighted by atomic mass is 9.50. The number of nitrogens with one attached hydrogen (secondary N) is 1. The molecule has 0 saturated carbocycles. The average Bonchev–Trinajstić information content (AvgIpc) is 3.64. The first kappa shape index (κ1) is 35.5. The van der Waals surface area contributed by atoms with Crippen LogP contribution < -0.4 is 5.32 Å². The number of piperazine rings is 1. The fourth-order valence-corrected chi connectivity index (χ4v) is 10.8. The van der Waals surface area contributed by atoms with E-state index in [-0.39, 0.29) is 28.8 Å². The van der Waals surface area contributed by atoms with Crippen LogP contribution in [-0.2, 0) is 20.8 Å². The number of aryl methyl sites for hydroxylation is 1. The van der Waals surface area contributed by atoms with Crippen molar-refractivity contribution in [2.45, 2.75) is 101 Å². The molecular weight excluding hydrogens is 673 g/mol. The maximum absolute atomic E-state index is 14.1. The third kappa shape index (κ3) is 6.17. The van der Waals surface area contributed by atoms with Crippen molar-refractivity contribution in [2.24, 2.45) is 10.8 Å². The van der Waals surface area contributed by atoms with Crippen molar-refractivity contribution in [3.63, 3.8) is 0 Å². The van der Waals surface area contributed by atoms with E-state index in [1.807, 2.05) is 10.3 Å². The Morgan fingerprint density at radius 1 is 1.00 bits per heavy atom. The van der Waals surface area contributed by atoms with E-state index < -0.39 is 40.8 Å². The maximum atomic E-state index is 14.1. The summed E-state index contributed by atoms with van der Waals surface area (Å²) in [7, 11) is 2.24. The average molecular weight is 721 g/mol. The van der Waals surface area contributed by atoms with Crippen LogP contribution in [0.3, 0.4) is 0 Å². The lowest BCUT2D eigenvalue weighted by Crippen LogP contribution is -2.71. The summed E-state index contributed by atoms with van der Waals surface area (Å²) < 4.78 is 0. The molecule has 0 aliphatic carbocycles. The van der Waals surface area contributed by atoms with E-state index >= 15 is 0 Å². The number of amides is 1. The number of rotatable bonds is 10. The molecule has 7 atom stereocenters. The largest absolute Gasteiger partial charge is 0.481 e. The van der Waals surface area contributed by atoms with E-state index in [2.05, 4.69) is 27.1 Å². The first-order valence-electron chi connectivity index (χ1n) is 17.2. The minimum Gasteiger partial charge on any atom is -0.481 e. The van der Waals surface area contributed by atoms with Gasteiger partial charge in [-0.2, -0.15) is 0 Å². The highest BCUT2D eigenvalue weighted by Crippen LogP contribution is 2.60. The highest BCUT2D eigenvalue weighted by molar-refractivity contribution is 7.09. The van der Waals surface area contributed by atoms with Crippen LogP contribution in [-0.4, -0.2) is 111 Å². The van der Waals surface area contributed by atoms with Gasteiger partial charge in [-0.15, -0.1) is 11.3 Å². The van der Waals surface area contributed by atoms with Gasteiger partial charge in [0.1, 0.15) is 0 Å². The van der Waals surface area contributed by atoms with Crippen LogP contribution in [0, 0.1) is 10.8 Å². The van der Waals surface area contributed by atoms with Gasteiger partial charge < -0.3 is 25.3 Å². The van der Waals surface area contributed by atoms with Crippen molar-refractivity contribution in [2.75, 3.05) is 33.2 Å². The van der Waals surface area contributed by atoms with Crippen LogP contribution >= 0.6 is 34.5 Å². The Bertz CT molecular complexity index is 1470. The molecule has 1 aromatic heterocycles. The molecule has 4 saturated heterocycles. The second kappa shape index (κ2) is 14.2. The van der Waals surface area contributed by atoms with Gasteiger partial charge in [-0.3, -0.25) is 19.3 Å². The Morgan fingerprint density at radius 3 is 2.19 bits per heavy atom.